The summed E-state index contributed by atoms with van der Waals surface area (Å²) in [5.74, 6) is -0.548. The molecule has 0 bridgehead atoms. The predicted octanol–water partition coefficient (Wildman–Crippen LogP) is 4.49. The minimum absolute atomic E-state index is 0.0997. The van der Waals surface area contributed by atoms with E-state index in [0.717, 1.165) is 24.1 Å². The number of aromatic nitrogens is 1. The standard InChI is InChI=1S/C17H13F5N2O/c18-16(19)25-14-8-11(17(20,21)22)3-4-13(14)15-12-5-7-23-9-10(12)2-1-6-24-15/h3-5,7-9,16H,1-2,6H2. The molecule has 0 fully saturated rings. The van der Waals surface area contributed by atoms with Gasteiger partial charge in [0.15, 0.2) is 0 Å². The summed E-state index contributed by atoms with van der Waals surface area (Å²) >= 11 is 0. The van der Waals surface area contributed by atoms with Gasteiger partial charge in [-0.1, -0.05) is 0 Å². The van der Waals surface area contributed by atoms with E-state index < -0.39 is 24.1 Å². The van der Waals surface area contributed by atoms with Crippen LogP contribution in [0, 0.1) is 0 Å². The van der Waals surface area contributed by atoms with Crippen LogP contribution in [0.3, 0.4) is 0 Å². The zero-order valence-corrected chi connectivity index (χ0v) is 12.9. The highest BCUT2D eigenvalue weighted by atomic mass is 19.4. The number of pyridine rings is 1. The van der Waals surface area contributed by atoms with Crippen LogP contribution in [0.1, 0.15) is 28.7 Å². The third-order valence-electron chi connectivity index (χ3n) is 3.81. The number of fused-ring (bicyclic) bond motifs is 1. The summed E-state index contributed by atoms with van der Waals surface area (Å²) in [5, 5.41) is 0. The summed E-state index contributed by atoms with van der Waals surface area (Å²) < 4.78 is 68.5. The van der Waals surface area contributed by atoms with Gasteiger partial charge in [0, 0.05) is 30.1 Å². The fourth-order valence-corrected chi connectivity index (χ4v) is 2.72. The molecule has 0 unspecified atom stereocenters. The number of halogens is 5. The minimum atomic E-state index is -4.66. The average molecular weight is 356 g/mol. The molecule has 0 radical (unpaired) electrons. The molecule has 132 valence electrons. The molecule has 1 aliphatic rings. The summed E-state index contributed by atoms with van der Waals surface area (Å²) in [5.41, 5.74) is 0.894. The molecule has 3 rings (SSSR count). The molecule has 0 atom stereocenters. The van der Waals surface area contributed by atoms with Crippen molar-refractivity contribution in [3.05, 3.63) is 58.9 Å². The molecule has 0 amide bonds. The van der Waals surface area contributed by atoms with Crippen molar-refractivity contribution < 1.29 is 26.7 Å². The van der Waals surface area contributed by atoms with Crippen molar-refractivity contribution in [2.75, 3.05) is 6.54 Å². The van der Waals surface area contributed by atoms with E-state index in [1.54, 1.807) is 12.3 Å². The van der Waals surface area contributed by atoms with Gasteiger partial charge in [-0.25, -0.2) is 0 Å². The molecule has 1 aliphatic heterocycles. The normalized spacial score (nSPS) is 14.7. The smallest absolute Gasteiger partial charge is 0.416 e. The molecule has 1 aromatic carbocycles. The Bertz CT molecular complexity index is 802. The topological polar surface area (TPSA) is 34.5 Å². The predicted molar refractivity (Wildman–Crippen MR) is 81.1 cm³/mol. The molecule has 0 saturated carbocycles. The second kappa shape index (κ2) is 6.78. The maximum Gasteiger partial charge on any atom is 0.416 e. The summed E-state index contributed by atoms with van der Waals surface area (Å²) in [4.78, 5) is 8.41. The van der Waals surface area contributed by atoms with Gasteiger partial charge in [-0.2, -0.15) is 22.0 Å². The van der Waals surface area contributed by atoms with Gasteiger partial charge in [0.1, 0.15) is 5.75 Å². The Morgan fingerprint density at radius 2 is 1.88 bits per heavy atom. The zero-order chi connectivity index (χ0) is 18.0. The van der Waals surface area contributed by atoms with Crippen molar-refractivity contribution in [2.24, 2.45) is 4.99 Å². The molecule has 3 nitrogen and oxygen atoms in total. The first-order valence-corrected chi connectivity index (χ1v) is 7.50. The Hall–Kier alpha value is -2.51. The number of ether oxygens (including phenoxy) is 1. The van der Waals surface area contributed by atoms with E-state index in [2.05, 4.69) is 14.7 Å². The average Bonchev–Trinajstić information content (AvgIpc) is 2.76. The number of nitrogens with zero attached hydrogens (tertiary/aromatic N) is 2. The highest BCUT2D eigenvalue weighted by Gasteiger charge is 2.32. The van der Waals surface area contributed by atoms with Crippen molar-refractivity contribution in [3.63, 3.8) is 0 Å². The van der Waals surface area contributed by atoms with E-state index in [9.17, 15) is 22.0 Å². The van der Waals surface area contributed by atoms with Crippen LogP contribution in [-0.4, -0.2) is 23.9 Å². The molecule has 2 aromatic rings. The van der Waals surface area contributed by atoms with Crippen molar-refractivity contribution >= 4 is 5.71 Å². The SMILES string of the molecule is FC(F)Oc1cc(C(F)(F)F)ccc1C1=NCCCc2cnccc21. The second-order valence-electron chi connectivity index (χ2n) is 5.45. The first-order chi connectivity index (χ1) is 11.9. The molecule has 8 heteroatoms. The molecule has 1 aromatic heterocycles. The number of hydrogen-bond donors (Lipinski definition) is 0. The highest BCUT2D eigenvalue weighted by molar-refractivity contribution is 6.15. The maximum atomic E-state index is 12.9. The Balaban J connectivity index is 2.14. The number of alkyl halides is 5. The number of aliphatic imine (C=N–C) groups is 1. The number of aryl methyl sites for hydroxylation is 1. The van der Waals surface area contributed by atoms with Gasteiger partial charge in [-0.05, 0) is 42.7 Å². The number of rotatable bonds is 3. The van der Waals surface area contributed by atoms with Crippen molar-refractivity contribution in [1.29, 1.82) is 0 Å². The summed E-state index contributed by atoms with van der Waals surface area (Å²) in [7, 11) is 0. The molecule has 0 aliphatic carbocycles. The lowest BCUT2D eigenvalue weighted by Crippen LogP contribution is -2.13. The van der Waals surface area contributed by atoms with Crippen molar-refractivity contribution in [3.8, 4) is 5.75 Å². The van der Waals surface area contributed by atoms with Gasteiger partial charge in [-0.3, -0.25) is 9.98 Å². The van der Waals surface area contributed by atoms with Gasteiger partial charge < -0.3 is 4.74 Å². The molecule has 0 spiro atoms. The molecule has 0 saturated heterocycles. The summed E-state index contributed by atoms with van der Waals surface area (Å²) in [6.07, 6.45) is -0.0626. The number of hydrogen-bond acceptors (Lipinski definition) is 3. The van der Waals surface area contributed by atoms with E-state index in [4.69, 9.17) is 0 Å². The quantitative estimate of drug-likeness (QED) is 0.760. The van der Waals surface area contributed by atoms with E-state index in [1.165, 1.54) is 6.20 Å². The van der Waals surface area contributed by atoms with Gasteiger partial charge in [0.25, 0.3) is 0 Å². The van der Waals surface area contributed by atoms with Crippen LogP contribution in [0.5, 0.6) is 5.75 Å². The zero-order valence-electron chi connectivity index (χ0n) is 12.9. The van der Waals surface area contributed by atoms with Gasteiger partial charge in [-0.15, -0.1) is 0 Å². The lowest BCUT2D eigenvalue weighted by Gasteiger charge is -2.16. The maximum absolute atomic E-state index is 12.9. The monoisotopic (exact) mass is 356 g/mol. The van der Waals surface area contributed by atoms with Crippen LogP contribution in [0.15, 0.2) is 41.7 Å². The van der Waals surface area contributed by atoms with E-state index in [-0.39, 0.29) is 5.56 Å². The van der Waals surface area contributed by atoms with Crippen molar-refractivity contribution in [2.45, 2.75) is 25.6 Å². The summed E-state index contributed by atoms with van der Waals surface area (Å²) in [6, 6.07) is 4.20. The Labute approximate surface area is 140 Å². The lowest BCUT2D eigenvalue weighted by molar-refractivity contribution is -0.138. The van der Waals surface area contributed by atoms with Gasteiger partial charge in [0.05, 0.1) is 11.3 Å². The van der Waals surface area contributed by atoms with E-state index >= 15 is 0 Å². The Morgan fingerprint density at radius 3 is 2.60 bits per heavy atom. The fraction of sp³-hybridized carbons (Fsp3) is 0.294. The molecular weight excluding hydrogens is 343 g/mol. The van der Waals surface area contributed by atoms with Crippen LogP contribution in [0.25, 0.3) is 0 Å². The molecule has 25 heavy (non-hydrogen) atoms. The minimum Gasteiger partial charge on any atom is -0.434 e. The Morgan fingerprint density at radius 1 is 1.08 bits per heavy atom. The first kappa shape index (κ1) is 17.3. The first-order valence-electron chi connectivity index (χ1n) is 7.50. The molecule has 0 N–H and O–H groups in total. The van der Waals surface area contributed by atoms with Crippen molar-refractivity contribution in [1.82, 2.24) is 4.98 Å². The lowest BCUT2D eigenvalue weighted by atomic mass is 9.96. The third kappa shape index (κ3) is 3.78. The van der Waals surface area contributed by atoms with E-state index in [1.807, 2.05) is 0 Å². The van der Waals surface area contributed by atoms with Crippen LogP contribution < -0.4 is 4.74 Å². The number of benzene rings is 1. The summed E-state index contributed by atoms with van der Waals surface area (Å²) in [6.45, 7) is -2.82. The van der Waals surface area contributed by atoms with Crippen LogP contribution in [0.2, 0.25) is 0 Å². The second-order valence-corrected chi connectivity index (χ2v) is 5.45. The van der Waals surface area contributed by atoms with E-state index in [0.29, 0.717) is 30.3 Å². The Kier molecular flexibility index (Phi) is 4.69. The molecule has 2 heterocycles. The van der Waals surface area contributed by atoms with Gasteiger partial charge >= 0.3 is 12.8 Å². The highest BCUT2D eigenvalue weighted by Crippen LogP contribution is 2.35. The largest absolute Gasteiger partial charge is 0.434 e. The van der Waals surface area contributed by atoms with Crippen LogP contribution in [0.4, 0.5) is 22.0 Å². The fourth-order valence-electron chi connectivity index (χ4n) is 2.72. The van der Waals surface area contributed by atoms with Crippen LogP contribution >= 0.6 is 0 Å². The third-order valence-corrected chi connectivity index (χ3v) is 3.81. The van der Waals surface area contributed by atoms with Gasteiger partial charge in [0.2, 0.25) is 0 Å². The van der Waals surface area contributed by atoms with Crippen LogP contribution in [-0.2, 0) is 12.6 Å². The molecular formula is C17H13F5N2O.